The van der Waals surface area contributed by atoms with Crippen LogP contribution in [0.3, 0.4) is 0 Å². The van der Waals surface area contributed by atoms with Crippen LogP contribution in [0.25, 0.3) is 10.2 Å². The lowest BCUT2D eigenvalue weighted by molar-refractivity contribution is 0.0981. The van der Waals surface area contributed by atoms with Crippen LogP contribution in [0.5, 0.6) is 0 Å². The van der Waals surface area contributed by atoms with Crippen LogP contribution in [0.15, 0.2) is 60.7 Å². The van der Waals surface area contributed by atoms with Gasteiger partial charge in [-0.15, -0.1) is 0 Å². The van der Waals surface area contributed by atoms with Gasteiger partial charge in [-0.3, -0.25) is 9.69 Å². The number of hydrogen-bond donors (Lipinski definition) is 0. The van der Waals surface area contributed by atoms with E-state index in [9.17, 15) is 13.6 Å². The number of anilines is 1. The molecule has 146 valence electrons. The Morgan fingerprint density at radius 2 is 1.79 bits per heavy atom. The number of amides is 1. The first-order valence-electron chi connectivity index (χ1n) is 9.11. The van der Waals surface area contributed by atoms with Crippen molar-refractivity contribution < 1.29 is 13.6 Å². The van der Waals surface area contributed by atoms with E-state index in [1.54, 1.807) is 0 Å². The van der Waals surface area contributed by atoms with E-state index >= 15 is 0 Å². The molecule has 1 aromatic heterocycles. The molecule has 1 heterocycles. The highest BCUT2D eigenvalue weighted by Crippen LogP contribution is 2.33. The second-order valence-corrected chi connectivity index (χ2v) is 7.86. The number of aromatic nitrogens is 1. The molecule has 29 heavy (non-hydrogen) atoms. The maximum atomic E-state index is 14.3. The van der Waals surface area contributed by atoms with E-state index in [0.29, 0.717) is 5.13 Å². The monoisotopic (exact) mass is 408 g/mol. The van der Waals surface area contributed by atoms with Gasteiger partial charge in [0.05, 0.1) is 22.3 Å². The number of hydrogen-bond acceptors (Lipinski definition) is 3. The molecule has 0 fully saturated rings. The van der Waals surface area contributed by atoms with E-state index in [1.807, 2.05) is 56.3 Å². The van der Waals surface area contributed by atoms with E-state index in [0.717, 1.165) is 39.0 Å². The molecule has 0 unspecified atom stereocenters. The van der Waals surface area contributed by atoms with E-state index in [2.05, 4.69) is 0 Å². The largest absolute Gasteiger partial charge is 0.279 e. The molecule has 4 aromatic rings. The predicted octanol–water partition coefficient (Wildman–Crippen LogP) is 6.04. The van der Waals surface area contributed by atoms with Crippen molar-refractivity contribution >= 4 is 32.6 Å². The lowest BCUT2D eigenvalue weighted by atomic mass is 10.1. The van der Waals surface area contributed by atoms with Crippen molar-refractivity contribution in [3.63, 3.8) is 0 Å². The molecule has 1 amide bonds. The molecular formula is C23H18F2N2OS. The van der Waals surface area contributed by atoms with Crippen molar-refractivity contribution in [3.05, 3.63) is 94.6 Å². The summed E-state index contributed by atoms with van der Waals surface area (Å²) in [6.45, 7) is 4.23. The Hall–Kier alpha value is -3.12. The minimum absolute atomic E-state index is 0.186. The Morgan fingerprint density at radius 3 is 2.52 bits per heavy atom. The van der Waals surface area contributed by atoms with Gasteiger partial charge in [-0.1, -0.05) is 47.7 Å². The van der Waals surface area contributed by atoms with Crippen LogP contribution in [-0.2, 0) is 6.54 Å². The van der Waals surface area contributed by atoms with Crippen LogP contribution in [0.2, 0.25) is 0 Å². The average Bonchev–Trinajstić information content (AvgIpc) is 3.14. The minimum Gasteiger partial charge on any atom is -0.279 e. The summed E-state index contributed by atoms with van der Waals surface area (Å²) in [6.07, 6.45) is 0. The smallest absolute Gasteiger partial charge is 0.263 e. The number of carbonyl (C=O) groups is 1. The normalized spacial score (nSPS) is 11.0. The Bertz CT molecular complexity index is 1200. The van der Waals surface area contributed by atoms with Crippen molar-refractivity contribution in [2.24, 2.45) is 0 Å². The van der Waals surface area contributed by atoms with Crippen LogP contribution in [0.4, 0.5) is 13.9 Å². The quantitative estimate of drug-likeness (QED) is 0.413. The number of fused-ring (bicyclic) bond motifs is 1. The number of rotatable bonds is 4. The Morgan fingerprint density at radius 1 is 1.03 bits per heavy atom. The molecule has 4 rings (SSSR count). The van der Waals surface area contributed by atoms with Gasteiger partial charge in [0.2, 0.25) is 0 Å². The Labute approximate surface area is 171 Å². The van der Waals surface area contributed by atoms with Crippen molar-refractivity contribution in [2.75, 3.05) is 4.90 Å². The summed E-state index contributed by atoms with van der Waals surface area (Å²) >= 11 is 1.38. The fourth-order valence-electron chi connectivity index (χ4n) is 3.13. The van der Waals surface area contributed by atoms with E-state index in [1.165, 1.54) is 22.3 Å². The maximum Gasteiger partial charge on any atom is 0.263 e. The standard InChI is InChI=1S/C23H18F2N2OS/c1-14-8-11-20-21(15(14)2)26-23(29-20)27(13-16-6-4-3-5-7-16)22(28)18-10-9-17(24)12-19(18)25/h3-12H,13H2,1-2H3. The number of aryl methyl sites for hydroxylation is 2. The molecule has 0 aliphatic rings. The molecule has 0 bridgehead atoms. The van der Waals surface area contributed by atoms with Crippen LogP contribution < -0.4 is 4.90 Å². The zero-order chi connectivity index (χ0) is 20.5. The number of benzene rings is 3. The van der Waals surface area contributed by atoms with Gasteiger partial charge in [-0.05, 0) is 48.7 Å². The van der Waals surface area contributed by atoms with Gasteiger partial charge in [-0.2, -0.15) is 0 Å². The molecule has 0 spiro atoms. The van der Waals surface area contributed by atoms with Gasteiger partial charge in [0.1, 0.15) is 11.6 Å². The highest BCUT2D eigenvalue weighted by molar-refractivity contribution is 7.22. The van der Waals surface area contributed by atoms with E-state index < -0.39 is 17.5 Å². The Balaban J connectivity index is 1.82. The summed E-state index contributed by atoms with van der Waals surface area (Å²) in [4.78, 5) is 19.4. The molecule has 3 nitrogen and oxygen atoms in total. The first kappa shape index (κ1) is 19.2. The highest BCUT2D eigenvalue weighted by Gasteiger charge is 2.25. The van der Waals surface area contributed by atoms with Gasteiger partial charge in [0, 0.05) is 6.07 Å². The van der Waals surface area contributed by atoms with E-state index in [-0.39, 0.29) is 12.1 Å². The summed E-state index contributed by atoms with van der Waals surface area (Å²) < 4.78 is 28.6. The molecule has 0 N–H and O–H groups in total. The third-order valence-corrected chi connectivity index (χ3v) is 5.94. The molecule has 3 aromatic carbocycles. The summed E-state index contributed by atoms with van der Waals surface area (Å²) in [7, 11) is 0. The minimum atomic E-state index is -0.888. The van der Waals surface area contributed by atoms with E-state index in [4.69, 9.17) is 4.98 Å². The zero-order valence-electron chi connectivity index (χ0n) is 15.9. The average molecular weight is 408 g/mol. The number of halogens is 2. The number of nitrogens with zero attached hydrogens (tertiary/aromatic N) is 2. The lowest BCUT2D eigenvalue weighted by Gasteiger charge is -2.20. The summed E-state index contributed by atoms with van der Waals surface area (Å²) in [5.74, 6) is -2.17. The molecule has 0 aliphatic carbocycles. The summed E-state index contributed by atoms with van der Waals surface area (Å²) in [5, 5.41) is 0.478. The number of thiazole rings is 1. The second kappa shape index (κ2) is 7.72. The first-order chi connectivity index (χ1) is 13.9. The molecule has 0 radical (unpaired) electrons. The van der Waals surface area contributed by atoms with Gasteiger partial charge < -0.3 is 0 Å². The topological polar surface area (TPSA) is 33.2 Å². The first-order valence-corrected chi connectivity index (χ1v) is 9.93. The third kappa shape index (κ3) is 3.76. The third-order valence-electron chi connectivity index (χ3n) is 4.89. The summed E-state index contributed by atoms with van der Waals surface area (Å²) in [5.41, 5.74) is 3.69. The predicted molar refractivity (Wildman–Crippen MR) is 112 cm³/mol. The van der Waals surface area contributed by atoms with Gasteiger partial charge in [-0.25, -0.2) is 13.8 Å². The van der Waals surface area contributed by atoms with Crippen molar-refractivity contribution in [3.8, 4) is 0 Å². The fraction of sp³-hybridized carbons (Fsp3) is 0.130. The van der Waals surface area contributed by atoms with Crippen LogP contribution in [-0.4, -0.2) is 10.9 Å². The van der Waals surface area contributed by atoms with Gasteiger partial charge in [0.15, 0.2) is 5.13 Å². The molecule has 6 heteroatoms. The van der Waals surface area contributed by atoms with Crippen LogP contribution in [0.1, 0.15) is 27.0 Å². The van der Waals surface area contributed by atoms with Crippen molar-refractivity contribution in [1.29, 1.82) is 0 Å². The fourth-order valence-corrected chi connectivity index (χ4v) is 4.15. The highest BCUT2D eigenvalue weighted by atomic mass is 32.1. The number of carbonyl (C=O) groups excluding carboxylic acids is 1. The maximum absolute atomic E-state index is 14.3. The lowest BCUT2D eigenvalue weighted by Crippen LogP contribution is -2.31. The molecule has 0 saturated heterocycles. The van der Waals surface area contributed by atoms with Crippen LogP contribution >= 0.6 is 11.3 Å². The molecular weight excluding hydrogens is 390 g/mol. The van der Waals surface area contributed by atoms with Crippen molar-refractivity contribution in [2.45, 2.75) is 20.4 Å². The second-order valence-electron chi connectivity index (χ2n) is 6.85. The SMILES string of the molecule is Cc1ccc2sc(N(Cc3ccccc3)C(=O)c3ccc(F)cc3F)nc2c1C. The van der Waals surface area contributed by atoms with Gasteiger partial charge in [0.25, 0.3) is 5.91 Å². The van der Waals surface area contributed by atoms with Gasteiger partial charge >= 0.3 is 0 Å². The van der Waals surface area contributed by atoms with Crippen LogP contribution in [0, 0.1) is 25.5 Å². The molecule has 0 aliphatic heterocycles. The molecule has 0 saturated carbocycles. The Kier molecular flexibility index (Phi) is 5.11. The molecule has 0 atom stereocenters. The zero-order valence-corrected chi connectivity index (χ0v) is 16.8. The summed E-state index contributed by atoms with van der Waals surface area (Å²) in [6, 6.07) is 16.4. The van der Waals surface area contributed by atoms with Crippen molar-refractivity contribution in [1.82, 2.24) is 4.98 Å².